The number of anilines is 1. The van der Waals surface area contributed by atoms with E-state index in [1.165, 1.54) is 0 Å². The minimum Gasteiger partial charge on any atom is -0.324 e. The number of likely N-dealkylation sites (tertiary alicyclic amines) is 1. The van der Waals surface area contributed by atoms with Crippen molar-refractivity contribution in [3.8, 4) is 0 Å². The first-order valence-electron chi connectivity index (χ1n) is 7.97. The highest BCUT2D eigenvalue weighted by atomic mass is 32.1. The first-order valence-corrected chi connectivity index (χ1v) is 8.85. The van der Waals surface area contributed by atoms with E-state index in [0.29, 0.717) is 6.54 Å². The first-order chi connectivity index (χ1) is 11.7. The molecular weight excluding hydrogens is 324 g/mol. The van der Waals surface area contributed by atoms with Crippen LogP contribution >= 0.6 is 11.3 Å². The van der Waals surface area contributed by atoms with Gasteiger partial charge in [0.2, 0.25) is 0 Å². The lowest BCUT2D eigenvalue weighted by Crippen LogP contribution is -2.41. The predicted molar refractivity (Wildman–Crippen MR) is 93.3 cm³/mol. The molecule has 24 heavy (non-hydrogen) atoms. The van der Waals surface area contributed by atoms with Gasteiger partial charge in [0.05, 0.1) is 15.7 Å². The number of nitrogens with one attached hydrogen (secondary N) is 2. The monoisotopic (exact) mass is 342 g/mol. The topological polar surface area (TPSA) is 86.8 Å². The second-order valence-corrected chi connectivity index (χ2v) is 6.92. The molecule has 8 heteroatoms. The van der Waals surface area contributed by atoms with Gasteiger partial charge in [-0.05, 0) is 38.0 Å². The average molecular weight is 342 g/mol. The van der Waals surface area contributed by atoms with Gasteiger partial charge in [0.1, 0.15) is 5.82 Å². The van der Waals surface area contributed by atoms with Crippen molar-refractivity contribution in [2.45, 2.75) is 25.7 Å². The molecule has 1 aliphatic heterocycles. The van der Waals surface area contributed by atoms with E-state index in [1.807, 2.05) is 35.5 Å². The van der Waals surface area contributed by atoms with Crippen LogP contribution in [0.25, 0.3) is 10.2 Å². The summed E-state index contributed by atoms with van der Waals surface area (Å²) in [6.45, 7) is 3.28. The molecule has 4 rings (SSSR count). The van der Waals surface area contributed by atoms with Crippen molar-refractivity contribution < 1.29 is 4.79 Å². The summed E-state index contributed by atoms with van der Waals surface area (Å²) in [7, 11) is 0. The van der Waals surface area contributed by atoms with Gasteiger partial charge in [-0.25, -0.2) is 14.8 Å². The number of aromatic amines is 1. The Morgan fingerprint density at radius 1 is 1.46 bits per heavy atom. The number of carbonyl (C=O) groups excluding carboxylic acids is 1. The largest absolute Gasteiger partial charge is 0.324 e. The summed E-state index contributed by atoms with van der Waals surface area (Å²) in [5.41, 5.74) is 3.49. The number of thiazole rings is 1. The maximum absolute atomic E-state index is 12.6. The molecule has 2 aromatic heterocycles. The number of rotatable bonds is 2. The molecule has 0 saturated carbocycles. The molecule has 0 unspecified atom stereocenters. The number of amides is 2. The van der Waals surface area contributed by atoms with E-state index < -0.39 is 0 Å². The molecule has 124 valence electrons. The van der Waals surface area contributed by atoms with Gasteiger partial charge < -0.3 is 10.2 Å². The van der Waals surface area contributed by atoms with Crippen molar-refractivity contribution in [1.82, 2.24) is 25.1 Å². The number of aryl methyl sites for hydroxylation is 1. The molecule has 7 nitrogen and oxygen atoms in total. The fraction of sp³-hybridized carbons (Fsp3) is 0.375. The van der Waals surface area contributed by atoms with Crippen molar-refractivity contribution >= 4 is 33.3 Å². The van der Waals surface area contributed by atoms with Crippen LogP contribution in [0.5, 0.6) is 0 Å². The Morgan fingerprint density at radius 3 is 3.21 bits per heavy atom. The number of hydrogen-bond donors (Lipinski definition) is 2. The molecule has 2 amide bonds. The van der Waals surface area contributed by atoms with Crippen molar-refractivity contribution in [2.24, 2.45) is 0 Å². The van der Waals surface area contributed by atoms with Gasteiger partial charge in [0, 0.05) is 24.7 Å². The van der Waals surface area contributed by atoms with Crippen LogP contribution in [-0.2, 0) is 0 Å². The van der Waals surface area contributed by atoms with E-state index in [2.05, 4.69) is 25.5 Å². The van der Waals surface area contributed by atoms with Crippen molar-refractivity contribution in [3.05, 3.63) is 35.4 Å². The number of carbonyl (C=O) groups is 1. The lowest BCUT2D eigenvalue weighted by molar-refractivity contribution is 0.191. The minimum atomic E-state index is -0.0819. The van der Waals surface area contributed by atoms with E-state index in [0.717, 1.165) is 46.9 Å². The summed E-state index contributed by atoms with van der Waals surface area (Å²) in [6, 6.07) is 5.72. The molecule has 0 radical (unpaired) electrons. The third-order valence-corrected chi connectivity index (χ3v) is 5.08. The molecule has 1 aliphatic rings. The molecule has 1 aromatic carbocycles. The third-order valence-electron chi connectivity index (χ3n) is 4.27. The Labute approximate surface area is 143 Å². The second kappa shape index (κ2) is 6.20. The normalized spacial score (nSPS) is 18.0. The fourth-order valence-corrected chi connectivity index (χ4v) is 3.71. The van der Waals surface area contributed by atoms with Gasteiger partial charge in [-0.15, -0.1) is 11.3 Å². The average Bonchev–Trinajstić information content (AvgIpc) is 3.23. The van der Waals surface area contributed by atoms with E-state index in [4.69, 9.17) is 0 Å². The number of benzene rings is 1. The number of H-pyrrole nitrogens is 1. The molecule has 2 N–H and O–H groups in total. The molecule has 0 bridgehead atoms. The van der Waals surface area contributed by atoms with E-state index in [9.17, 15) is 4.79 Å². The summed E-state index contributed by atoms with van der Waals surface area (Å²) in [5, 5.41) is 10.1. The highest BCUT2D eigenvalue weighted by Crippen LogP contribution is 2.26. The van der Waals surface area contributed by atoms with Crippen LogP contribution in [0.3, 0.4) is 0 Å². The zero-order valence-corrected chi connectivity index (χ0v) is 14.1. The zero-order valence-electron chi connectivity index (χ0n) is 13.3. The van der Waals surface area contributed by atoms with Crippen LogP contribution in [0.4, 0.5) is 10.5 Å². The van der Waals surface area contributed by atoms with Gasteiger partial charge in [0.25, 0.3) is 0 Å². The second-order valence-electron chi connectivity index (χ2n) is 6.03. The van der Waals surface area contributed by atoms with E-state index in [1.54, 1.807) is 11.3 Å². The number of hydrogen-bond acceptors (Lipinski definition) is 5. The Balaban J connectivity index is 1.45. The highest BCUT2D eigenvalue weighted by Gasteiger charge is 2.27. The molecular formula is C16H18N6OS. The standard InChI is InChI=1S/C16H18N6OS/c1-10-18-15(21-20-10)11-3-2-6-22(8-11)16(23)19-12-4-5-14-13(7-12)17-9-24-14/h4-5,7,9,11H,2-3,6,8H2,1H3,(H,19,23)(H,18,20,21)/t11-/m1/s1. The lowest BCUT2D eigenvalue weighted by Gasteiger charge is -2.31. The van der Waals surface area contributed by atoms with E-state index in [-0.39, 0.29) is 11.9 Å². The fourth-order valence-electron chi connectivity index (χ4n) is 3.05. The zero-order chi connectivity index (χ0) is 16.5. The first kappa shape index (κ1) is 15.1. The van der Waals surface area contributed by atoms with Crippen molar-refractivity contribution in [1.29, 1.82) is 0 Å². The van der Waals surface area contributed by atoms with Crippen LogP contribution in [0.1, 0.15) is 30.4 Å². The summed E-state index contributed by atoms with van der Waals surface area (Å²) in [6.07, 6.45) is 1.96. The van der Waals surface area contributed by atoms with Gasteiger partial charge in [0.15, 0.2) is 5.82 Å². The van der Waals surface area contributed by atoms with Crippen LogP contribution in [0, 0.1) is 6.92 Å². The number of fused-ring (bicyclic) bond motifs is 1. The van der Waals surface area contributed by atoms with Gasteiger partial charge in [-0.3, -0.25) is 5.10 Å². The smallest absolute Gasteiger partial charge is 0.321 e. The number of urea groups is 1. The molecule has 3 heterocycles. The minimum absolute atomic E-state index is 0.0819. The maximum Gasteiger partial charge on any atom is 0.321 e. The third kappa shape index (κ3) is 2.96. The van der Waals surface area contributed by atoms with Gasteiger partial charge >= 0.3 is 6.03 Å². The molecule has 1 fully saturated rings. The number of aromatic nitrogens is 4. The van der Waals surface area contributed by atoms with E-state index >= 15 is 0 Å². The number of nitrogens with zero attached hydrogens (tertiary/aromatic N) is 4. The quantitative estimate of drug-likeness (QED) is 0.749. The van der Waals surface area contributed by atoms with Crippen LogP contribution in [0.15, 0.2) is 23.7 Å². The predicted octanol–water partition coefficient (Wildman–Crippen LogP) is 3.13. The van der Waals surface area contributed by atoms with Gasteiger partial charge in [-0.2, -0.15) is 5.10 Å². The van der Waals surface area contributed by atoms with Crippen LogP contribution < -0.4 is 5.32 Å². The Hall–Kier alpha value is -2.48. The van der Waals surface area contributed by atoms with Crippen molar-refractivity contribution in [3.63, 3.8) is 0 Å². The summed E-state index contributed by atoms with van der Waals surface area (Å²) >= 11 is 1.59. The lowest BCUT2D eigenvalue weighted by atomic mass is 9.98. The molecule has 1 saturated heterocycles. The van der Waals surface area contributed by atoms with Crippen molar-refractivity contribution in [2.75, 3.05) is 18.4 Å². The summed E-state index contributed by atoms with van der Waals surface area (Å²) in [4.78, 5) is 23.1. The Bertz CT molecular complexity index is 872. The van der Waals surface area contributed by atoms with Crippen LogP contribution in [-0.4, -0.2) is 44.2 Å². The molecule has 3 aromatic rings. The highest BCUT2D eigenvalue weighted by molar-refractivity contribution is 7.16. The van der Waals surface area contributed by atoms with Crippen LogP contribution in [0.2, 0.25) is 0 Å². The molecule has 0 spiro atoms. The van der Waals surface area contributed by atoms with Gasteiger partial charge in [-0.1, -0.05) is 0 Å². The Morgan fingerprint density at radius 2 is 2.38 bits per heavy atom. The Kier molecular flexibility index (Phi) is 3.89. The number of piperidine rings is 1. The molecule has 0 aliphatic carbocycles. The summed E-state index contributed by atoms with van der Waals surface area (Å²) in [5.74, 6) is 1.80. The SMILES string of the molecule is Cc1nc([C@@H]2CCCN(C(=O)Nc3ccc4scnc4c3)C2)n[nH]1. The molecule has 1 atom stereocenters. The summed E-state index contributed by atoms with van der Waals surface area (Å²) < 4.78 is 1.12. The maximum atomic E-state index is 12.6.